The van der Waals surface area contributed by atoms with E-state index in [9.17, 15) is 14.3 Å². The second kappa shape index (κ2) is 2.58. The minimum atomic E-state index is -0.485. The van der Waals surface area contributed by atoms with Crippen LogP contribution >= 0.6 is 0 Å². The van der Waals surface area contributed by atoms with Crippen LogP contribution in [0.5, 0.6) is 5.75 Å². The zero-order valence-electron chi connectivity index (χ0n) is 6.54. The zero-order chi connectivity index (χ0) is 9.42. The fourth-order valence-corrected chi connectivity index (χ4v) is 1.31. The van der Waals surface area contributed by atoms with Crippen LogP contribution in [0.15, 0.2) is 18.3 Å². The number of aromatic hydroxyl groups is 1. The molecule has 0 fully saturated rings. The predicted octanol–water partition coefficient (Wildman–Crippen LogP) is 1.83. The second-order valence-electron chi connectivity index (χ2n) is 2.68. The lowest BCUT2D eigenvalue weighted by Gasteiger charge is -1.96. The standard InChI is InChI=1S/C9H6FNO2/c10-6-1-2-7(13)8-5(4-12)3-11-9(6)8/h1-4,11,13H. The van der Waals surface area contributed by atoms with Crippen LogP contribution in [0, 0.1) is 5.82 Å². The van der Waals surface area contributed by atoms with Crippen LogP contribution in [0.25, 0.3) is 10.9 Å². The van der Waals surface area contributed by atoms with Crippen molar-refractivity contribution in [2.75, 3.05) is 0 Å². The SMILES string of the molecule is O=Cc1c[nH]c2c(F)ccc(O)c12. The second-order valence-corrected chi connectivity index (χ2v) is 2.68. The third-order valence-corrected chi connectivity index (χ3v) is 1.92. The molecule has 0 radical (unpaired) electrons. The predicted molar refractivity (Wildman–Crippen MR) is 45.3 cm³/mol. The first-order chi connectivity index (χ1) is 6.24. The number of H-pyrrole nitrogens is 1. The molecule has 0 aliphatic carbocycles. The number of fused-ring (bicyclic) bond motifs is 1. The highest BCUT2D eigenvalue weighted by Gasteiger charge is 2.10. The normalized spacial score (nSPS) is 10.5. The Bertz CT molecular complexity index is 476. The molecule has 2 rings (SSSR count). The molecule has 0 amide bonds. The summed E-state index contributed by atoms with van der Waals surface area (Å²) in [6.07, 6.45) is 1.93. The van der Waals surface area contributed by atoms with E-state index in [1.165, 1.54) is 12.3 Å². The van der Waals surface area contributed by atoms with Gasteiger partial charge in [0.2, 0.25) is 0 Å². The molecule has 4 heteroatoms. The monoisotopic (exact) mass is 179 g/mol. The number of aldehydes is 1. The quantitative estimate of drug-likeness (QED) is 0.656. The molecule has 1 heterocycles. The first-order valence-corrected chi connectivity index (χ1v) is 3.68. The van der Waals surface area contributed by atoms with Crippen LogP contribution in [0.3, 0.4) is 0 Å². The summed E-state index contributed by atoms with van der Waals surface area (Å²) in [4.78, 5) is 13.1. The van der Waals surface area contributed by atoms with E-state index in [-0.39, 0.29) is 22.2 Å². The van der Waals surface area contributed by atoms with Crippen LogP contribution < -0.4 is 0 Å². The molecule has 0 saturated carbocycles. The molecule has 1 aromatic heterocycles. The van der Waals surface area contributed by atoms with Gasteiger partial charge in [-0.3, -0.25) is 4.79 Å². The molecule has 3 nitrogen and oxygen atoms in total. The van der Waals surface area contributed by atoms with Crippen LogP contribution in [-0.4, -0.2) is 16.4 Å². The lowest BCUT2D eigenvalue weighted by atomic mass is 10.1. The summed E-state index contributed by atoms with van der Waals surface area (Å²) in [7, 11) is 0. The maximum atomic E-state index is 13.1. The summed E-state index contributed by atoms with van der Waals surface area (Å²) in [6, 6.07) is 2.36. The number of aromatic amines is 1. The van der Waals surface area contributed by atoms with Gasteiger partial charge in [-0.25, -0.2) is 4.39 Å². The number of aromatic nitrogens is 1. The van der Waals surface area contributed by atoms with Crippen LogP contribution in [0.2, 0.25) is 0 Å². The Morgan fingerprint density at radius 1 is 1.46 bits per heavy atom. The Kier molecular flexibility index (Phi) is 1.55. The molecule has 2 N–H and O–H groups in total. The average Bonchev–Trinajstić information content (AvgIpc) is 2.56. The first kappa shape index (κ1) is 7.79. The third kappa shape index (κ3) is 0.989. The van der Waals surface area contributed by atoms with Crippen molar-refractivity contribution in [2.45, 2.75) is 0 Å². The van der Waals surface area contributed by atoms with E-state index in [2.05, 4.69) is 4.98 Å². The summed E-state index contributed by atoms with van der Waals surface area (Å²) in [6.45, 7) is 0. The third-order valence-electron chi connectivity index (χ3n) is 1.92. The van der Waals surface area contributed by atoms with Gasteiger partial charge in [-0.1, -0.05) is 0 Å². The number of benzene rings is 1. The Balaban J connectivity index is 2.95. The van der Waals surface area contributed by atoms with Gasteiger partial charge >= 0.3 is 0 Å². The molecule has 13 heavy (non-hydrogen) atoms. The lowest BCUT2D eigenvalue weighted by molar-refractivity contribution is 0.112. The van der Waals surface area contributed by atoms with Crippen molar-refractivity contribution in [2.24, 2.45) is 0 Å². The van der Waals surface area contributed by atoms with Crippen molar-refractivity contribution in [1.29, 1.82) is 0 Å². The number of carbonyl (C=O) groups is 1. The van der Waals surface area contributed by atoms with Crippen molar-refractivity contribution in [1.82, 2.24) is 4.98 Å². The van der Waals surface area contributed by atoms with Crippen molar-refractivity contribution < 1.29 is 14.3 Å². The van der Waals surface area contributed by atoms with Gasteiger partial charge in [0.15, 0.2) is 6.29 Å². The molecular formula is C9H6FNO2. The molecule has 0 aliphatic rings. The maximum Gasteiger partial charge on any atom is 0.152 e. The van der Waals surface area contributed by atoms with Crippen molar-refractivity contribution in [3.8, 4) is 5.75 Å². The molecule has 0 bridgehead atoms. The maximum absolute atomic E-state index is 13.1. The molecule has 1 aromatic carbocycles. The molecule has 0 spiro atoms. The van der Waals surface area contributed by atoms with E-state index < -0.39 is 5.82 Å². The number of hydrogen-bond acceptors (Lipinski definition) is 2. The summed E-state index contributed by atoms with van der Waals surface area (Å²) in [5.74, 6) is -0.583. The number of phenols is 1. The molecule has 66 valence electrons. The van der Waals surface area contributed by atoms with Gasteiger partial charge in [-0.2, -0.15) is 0 Å². The summed E-state index contributed by atoms with van der Waals surface area (Å²) < 4.78 is 13.1. The summed E-state index contributed by atoms with van der Waals surface area (Å²) >= 11 is 0. The Labute approximate surface area is 72.8 Å². The summed E-state index contributed by atoms with van der Waals surface area (Å²) in [5, 5.41) is 9.58. The first-order valence-electron chi connectivity index (χ1n) is 3.68. The Morgan fingerprint density at radius 2 is 2.23 bits per heavy atom. The highest BCUT2D eigenvalue weighted by Crippen LogP contribution is 2.28. The largest absolute Gasteiger partial charge is 0.507 e. The lowest BCUT2D eigenvalue weighted by Crippen LogP contribution is -1.79. The van der Waals surface area contributed by atoms with Crippen molar-refractivity contribution >= 4 is 17.2 Å². The highest BCUT2D eigenvalue weighted by molar-refractivity contribution is 6.00. The van der Waals surface area contributed by atoms with Crippen LogP contribution in [-0.2, 0) is 0 Å². The number of phenolic OH excluding ortho intramolecular Hbond substituents is 1. The number of carbonyl (C=O) groups excluding carboxylic acids is 1. The van der Waals surface area contributed by atoms with Gasteiger partial charge in [0.05, 0.1) is 10.9 Å². The van der Waals surface area contributed by atoms with E-state index in [1.54, 1.807) is 0 Å². The molecule has 0 unspecified atom stereocenters. The minimum absolute atomic E-state index is 0.0975. The number of halogens is 1. The van der Waals surface area contributed by atoms with E-state index >= 15 is 0 Å². The van der Waals surface area contributed by atoms with Crippen LogP contribution in [0.1, 0.15) is 10.4 Å². The average molecular weight is 179 g/mol. The fourth-order valence-electron chi connectivity index (χ4n) is 1.31. The topological polar surface area (TPSA) is 53.1 Å². The van der Waals surface area contributed by atoms with Crippen molar-refractivity contribution in [3.05, 3.63) is 29.7 Å². The van der Waals surface area contributed by atoms with Gasteiger partial charge < -0.3 is 10.1 Å². The molecular weight excluding hydrogens is 173 g/mol. The highest BCUT2D eigenvalue weighted by atomic mass is 19.1. The Hall–Kier alpha value is -1.84. The van der Waals surface area contributed by atoms with Gasteiger partial charge in [0.25, 0.3) is 0 Å². The Morgan fingerprint density at radius 3 is 2.92 bits per heavy atom. The van der Waals surface area contributed by atoms with Crippen LogP contribution in [0.4, 0.5) is 4.39 Å². The smallest absolute Gasteiger partial charge is 0.152 e. The molecule has 0 atom stereocenters. The zero-order valence-corrected chi connectivity index (χ0v) is 6.54. The molecule has 0 saturated heterocycles. The molecule has 0 aliphatic heterocycles. The van der Waals surface area contributed by atoms with E-state index in [0.717, 1.165) is 6.07 Å². The van der Waals surface area contributed by atoms with E-state index in [4.69, 9.17) is 0 Å². The summed E-state index contributed by atoms with van der Waals surface area (Å²) in [5.41, 5.74) is 0.411. The van der Waals surface area contributed by atoms with Gasteiger partial charge in [0, 0.05) is 11.8 Å². The minimum Gasteiger partial charge on any atom is -0.507 e. The van der Waals surface area contributed by atoms with E-state index in [0.29, 0.717) is 6.29 Å². The van der Waals surface area contributed by atoms with Crippen molar-refractivity contribution in [3.63, 3.8) is 0 Å². The van der Waals surface area contributed by atoms with Gasteiger partial charge in [-0.15, -0.1) is 0 Å². The number of nitrogens with one attached hydrogen (secondary N) is 1. The fraction of sp³-hybridized carbons (Fsp3) is 0. The number of rotatable bonds is 1. The number of hydrogen-bond donors (Lipinski definition) is 2. The van der Waals surface area contributed by atoms with Gasteiger partial charge in [-0.05, 0) is 12.1 Å². The van der Waals surface area contributed by atoms with Gasteiger partial charge in [0.1, 0.15) is 11.6 Å². The molecule has 2 aromatic rings. The van der Waals surface area contributed by atoms with E-state index in [1.807, 2.05) is 0 Å².